The third kappa shape index (κ3) is 4.03. The van der Waals surface area contributed by atoms with Crippen molar-refractivity contribution in [3.05, 3.63) is 56.8 Å². The van der Waals surface area contributed by atoms with Crippen LogP contribution in [0.1, 0.15) is 12.5 Å². The molecular formula is C14H15N3O4S. The number of carbonyl (C=O) groups is 1. The van der Waals surface area contributed by atoms with Gasteiger partial charge in [-0.15, -0.1) is 0 Å². The molecule has 0 saturated heterocycles. The van der Waals surface area contributed by atoms with Crippen molar-refractivity contribution in [1.29, 1.82) is 0 Å². The molecule has 116 valence electrons. The van der Waals surface area contributed by atoms with Crippen LogP contribution in [0.15, 0.2) is 41.1 Å². The Bertz CT molecular complexity index is 653. The Morgan fingerprint density at radius 1 is 1.36 bits per heavy atom. The molecule has 1 heterocycles. The van der Waals surface area contributed by atoms with Gasteiger partial charge in [-0.25, -0.2) is 4.79 Å². The number of hydrogen-bond donors (Lipinski definition) is 3. The smallest absolute Gasteiger partial charge is 0.319 e. The molecule has 0 aliphatic carbocycles. The number of amides is 2. The maximum atomic E-state index is 11.8. The lowest BCUT2D eigenvalue weighted by molar-refractivity contribution is -0.384. The third-order valence-corrected chi connectivity index (χ3v) is 3.76. The van der Waals surface area contributed by atoms with Crippen molar-refractivity contribution in [2.45, 2.75) is 12.5 Å². The second kappa shape index (κ2) is 6.54. The van der Waals surface area contributed by atoms with Crippen LogP contribution in [0.25, 0.3) is 0 Å². The first kappa shape index (κ1) is 15.9. The third-order valence-electron chi connectivity index (χ3n) is 3.07. The summed E-state index contributed by atoms with van der Waals surface area (Å²) in [4.78, 5) is 21.8. The molecule has 0 bridgehead atoms. The van der Waals surface area contributed by atoms with Gasteiger partial charge in [-0.2, -0.15) is 11.3 Å². The SMILES string of the molecule is C[C@@](O)(CNC(=O)Nc1ccc([N+](=O)[O-])cc1)c1ccsc1. The average molecular weight is 321 g/mol. The van der Waals surface area contributed by atoms with E-state index in [1.807, 2.05) is 10.8 Å². The Morgan fingerprint density at radius 3 is 2.59 bits per heavy atom. The molecule has 0 aliphatic rings. The van der Waals surface area contributed by atoms with Crippen LogP contribution >= 0.6 is 11.3 Å². The minimum absolute atomic E-state index is 0.0442. The van der Waals surface area contributed by atoms with Gasteiger partial charge in [0.15, 0.2) is 0 Å². The Labute approximate surface area is 130 Å². The normalized spacial score (nSPS) is 13.2. The summed E-state index contributed by atoms with van der Waals surface area (Å²) in [7, 11) is 0. The number of anilines is 1. The predicted molar refractivity (Wildman–Crippen MR) is 84.0 cm³/mol. The molecule has 1 aromatic heterocycles. The number of thiophene rings is 1. The van der Waals surface area contributed by atoms with Crippen molar-refractivity contribution in [3.8, 4) is 0 Å². The highest BCUT2D eigenvalue weighted by Crippen LogP contribution is 2.22. The molecule has 0 saturated carbocycles. The number of non-ortho nitro benzene ring substituents is 1. The number of nitrogens with one attached hydrogen (secondary N) is 2. The number of nitro groups is 1. The second-order valence-electron chi connectivity index (χ2n) is 4.90. The zero-order valence-electron chi connectivity index (χ0n) is 11.8. The highest BCUT2D eigenvalue weighted by Gasteiger charge is 2.24. The average Bonchev–Trinajstić information content (AvgIpc) is 3.01. The molecule has 1 aromatic carbocycles. The molecule has 0 fully saturated rings. The van der Waals surface area contributed by atoms with Crippen LogP contribution in [-0.4, -0.2) is 22.6 Å². The molecule has 0 spiro atoms. The topological polar surface area (TPSA) is 104 Å². The Hall–Kier alpha value is -2.45. The van der Waals surface area contributed by atoms with Gasteiger partial charge in [-0.3, -0.25) is 10.1 Å². The molecule has 0 aliphatic heterocycles. The van der Waals surface area contributed by atoms with Gasteiger partial charge in [0.2, 0.25) is 0 Å². The predicted octanol–water partition coefficient (Wildman–Crippen LogP) is 2.69. The van der Waals surface area contributed by atoms with Gasteiger partial charge in [0.1, 0.15) is 5.60 Å². The van der Waals surface area contributed by atoms with E-state index >= 15 is 0 Å². The van der Waals surface area contributed by atoms with E-state index in [0.29, 0.717) is 5.69 Å². The summed E-state index contributed by atoms with van der Waals surface area (Å²) in [5, 5.41) is 29.6. The lowest BCUT2D eigenvalue weighted by atomic mass is 9.99. The van der Waals surface area contributed by atoms with Gasteiger partial charge in [-0.05, 0) is 41.4 Å². The molecule has 3 N–H and O–H groups in total. The Balaban J connectivity index is 1.89. The van der Waals surface area contributed by atoms with Crippen molar-refractivity contribution < 1.29 is 14.8 Å². The van der Waals surface area contributed by atoms with Crippen LogP contribution in [0, 0.1) is 10.1 Å². The van der Waals surface area contributed by atoms with E-state index < -0.39 is 16.6 Å². The number of rotatable bonds is 5. The number of carbonyl (C=O) groups excluding carboxylic acids is 1. The van der Waals surface area contributed by atoms with Crippen molar-refractivity contribution in [1.82, 2.24) is 5.32 Å². The Kier molecular flexibility index (Phi) is 4.74. The summed E-state index contributed by atoms with van der Waals surface area (Å²) in [6, 6.07) is 6.78. The summed E-state index contributed by atoms with van der Waals surface area (Å²) in [6.07, 6.45) is 0. The lowest BCUT2D eigenvalue weighted by Gasteiger charge is -2.22. The molecular weight excluding hydrogens is 306 g/mol. The first-order chi connectivity index (χ1) is 10.4. The van der Waals surface area contributed by atoms with E-state index in [9.17, 15) is 20.0 Å². The molecule has 8 heteroatoms. The number of nitrogens with zero attached hydrogens (tertiary/aromatic N) is 1. The van der Waals surface area contributed by atoms with E-state index in [1.54, 1.807) is 13.0 Å². The first-order valence-corrected chi connectivity index (χ1v) is 7.37. The summed E-state index contributed by atoms with van der Waals surface area (Å²) in [5.74, 6) is 0. The highest BCUT2D eigenvalue weighted by atomic mass is 32.1. The summed E-state index contributed by atoms with van der Waals surface area (Å²) in [6.45, 7) is 1.66. The quantitative estimate of drug-likeness (QED) is 0.581. The molecule has 7 nitrogen and oxygen atoms in total. The van der Waals surface area contributed by atoms with Crippen molar-refractivity contribution >= 4 is 28.7 Å². The standard InChI is InChI=1S/C14H15N3O4S/c1-14(19,10-6-7-22-8-10)9-15-13(18)16-11-2-4-12(5-3-11)17(20)21/h2-8,19H,9H2,1H3,(H2,15,16,18)/t14-/m1/s1. The molecule has 2 rings (SSSR count). The summed E-state index contributed by atoms with van der Waals surface area (Å²) in [5.41, 5.74) is -0.0509. The minimum atomic E-state index is -1.16. The maximum Gasteiger partial charge on any atom is 0.319 e. The zero-order chi connectivity index (χ0) is 16.2. The summed E-state index contributed by atoms with van der Waals surface area (Å²) >= 11 is 1.46. The fourth-order valence-electron chi connectivity index (χ4n) is 1.77. The van der Waals surface area contributed by atoms with Gasteiger partial charge >= 0.3 is 6.03 Å². The van der Waals surface area contributed by atoms with Gasteiger partial charge in [0, 0.05) is 17.8 Å². The van der Waals surface area contributed by atoms with E-state index in [2.05, 4.69) is 10.6 Å². The van der Waals surface area contributed by atoms with Crippen molar-refractivity contribution in [2.24, 2.45) is 0 Å². The molecule has 0 unspecified atom stereocenters. The van der Waals surface area contributed by atoms with Crippen molar-refractivity contribution in [3.63, 3.8) is 0 Å². The monoisotopic (exact) mass is 321 g/mol. The fourth-order valence-corrected chi connectivity index (χ4v) is 2.55. The van der Waals surface area contributed by atoms with Gasteiger partial charge in [0.25, 0.3) is 5.69 Å². The molecule has 2 aromatic rings. The molecule has 22 heavy (non-hydrogen) atoms. The minimum Gasteiger partial charge on any atom is -0.384 e. The van der Waals surface area contributed by atoms with E-state index in [-0.39, 0.29) is 12.2 Å². The number of hydrogen-bond acceptors (Lipinski definition) is 5. The zero-order valence-corrected chi connectivity index (χ0v) is 12.6. The number of benzene rings is 1. The molecule has 1 atom stereocenters. The van der Waals surface area contributed by atoms with Crippen LogP contribution in [0.3, 0.4) is 0 Å². The second-order valence-corrected chi connectivity index (χ2v) is 5.68. The fraction of sp³-hybridized carbons (Fsp3) is 0.214. The molecule has 0 radical (unpaired) electrons. The maximum absolute atomic E-state index is 11.8. The van der Waals surface area contributed by atoms with E-state index in [0.717, 1.165) is 5.56 Å². The number of urea groups is 1. The lowest BCUT2D eigenvalue weighted by Crippen LogP contribution is -2.40. The van der Waals surface area contributed by atoms with Gasteiger partial charge in [0.05, 0.1) is 11.5 Å². The molecule has 2 amide bonds. The number of nitro benzene ring substituents is 1. The van der Waals surface area contributed by atoms with Crippen LogP contribution in [0.2, 0.25) is 0 Å². The Morgan fingerprint density at radius 2 is 2.05 bits per heavy atom. The van der Waals surface area contributed by atoms with Crippen LogP contribution in [-0.2, 0) is 5.60 Å². The highest BCUT2D eigenvalue weighted by molar-refractivity contribution is 7.08. The van der Waals surface area contributed by atoms with Crippen LogP contribution < -0.4 is 10.6 Å². The van der Waals surface area contributed by atoms with Crippen molar-refractivity contribution in [2.75, 3.05) is 11.9 Å². The number of aliphatic hydroxyl groups is 1. The van der Waals surface area contributed by atoms with Crippen LogP contribution in [0.5, 0.6) is 0 Å². The first-order valence-electron chi connectivity index (χ1n) is 6.43. The van der Waals surface area contributed by atoms with Crippen LogP contribution in [0.4, 0.5) is 16.2 Å². The van der Waals surface area contributed by atoms with Gasteiger partial charge in [-0.1, -0.05) is 0 Å². The largest absolute Gasteiger partial charge is 0.384 e. The van der Waals surface area contributed by atoms with Gasteiger partial charge < -0.3 is 15.7 Å². The van der Waals surface area contributed by atoms with E-state index in [1.165, 1.54) is 35.6 Å². The summed E-state index contributed by atoms with van der Waals surface area (Å²) < 4.78 is 0. The van der Waals surface area contributed by atoms with E-state index in [4.69, 9.17) is 0 Å².